The number of rotatable bonds is 6. The Hall–Kier alpha value is -2.17. The molecule has 0 bridgehead atoms. The van der Waals surface area contributed by atoms with E-state index in [1.165, 1.54) is 18.3 Å². The summed E-state index contributed by atoms with van der Waals surface area (Å²) in [5, 5.41) is 3.79. The van der Waals surface area contributed by atoms with E-state index in [0.29, 0.717) is 32.8 Å². The van der Waals surface area contributed by atoms with Gasteiger partial charge < -0.3 is 14.8 Å². The Kier molecular flexibility index (Phi) is 5.90. The maximum Gasteiger partial charge on any atom is 0.188 e. The van der Waals surface area contributed by atoms with E-state index < -0.39 is 0 Å². The minimum absolute atomic E-state index is 0.235. The van der Waals surface area contributed by atoms with E-state index in [2.05, 4.69) is 5.32 Å². The number of hydrogen-bond donors (Lipinski definition) is 1. The van der Waals surface area contributed by atoms with E-state index in [4.69, 9.17) is 32.7 Å². The first-order valence-corrected chi connectivity index (χ1v) is 7.45. The Bertz CT molecular complexity index is 745. The molecule has 2 aromatic carbocycles. The predicted octanol–water partition coefficient (Wildman–Crippen LogP) is 4.82. The number of ketones is 1. The number of hydrogen-bond acceptors (Lipinski definition) is 4. The molecule has 4 nitrogen and oxygen atoms in total. The molecule has 0 amide bonds. The fraction of sp³-hybridized carbons (Fsp3) is 0.118. The molecule has 0 aliphatic carbocycles. The van der Waals surface area contributed by atoms with Gasteiger partial charge in [-0.3, -0.25) is 4.79 Å². The molecule has 6 heteroatoms. The summed E-state index contributed by atoms with van der Waals surface area (Å²) in [4.78, 5) is 12.1. The second-order valence-electron chi connectivity index (χ2n) is 4.53. The first-order chi connectivity index (χ1) is 11.0. The molecule has 120 valence electrons. The van der Waals surface area contributed by atoms with Crippen LogP contribution in [0.25, 0.3) is 0 Å². The monoisotopic (exact) mass is 351 g/mol. The Labute approximate surface area is 144 Å². The second kappa shape index (κ2) is 7.90. The Morgan fingerprint density at radius 2 is 1.87 bits per heavy atom. The Morgan fingerprint density at radius 3 is 2.52 bits per heavy atom. The molecular formula is C17H15Cl2NO3. The highest BCUT2D eigenvalue weighted by Gasteiger charge is 2.08. The van der Waals surface area contributed by atoms with Gasteiger partial charge in [-0.2, -0.15) is 0 Å². The first-order valence-electron chi connectivity index (χ1n) is 6.69. The lowest BCUT2D eigenvalue weighted by Crippen LogP contribution is -1.98. The number of carbonyl (C=O) groups is 1. The van der Waals surface area contributed by atoms with Gasteiger partial charge >= 0.3 is 0 Å². The van der Waals surface area contributed by atoms with Crippen LogP contribution in [0, 0.1) is 0 Å². The summed E-state index contributed by atoms with van der Waals surface area (Å²) >= 11 is 11.8. The third-order valence-electron chi connectivity index (χ3n) is 3.08. The fourth-order valence-electron chi connectivity index (χ4n) is 1.91. The van der Waals surface area contributed by atoms with Crippen LogP contribution in [0.15, 0.2) is 48.7 Å². The summed E-state index contributed by atoms with van der Waals surface area (Å²) in [7, 11) is 3.14. The van der Waals surface area contributed by atoms with Crippen LogP contribution >= 0.6 is 23.2 Å². The van der Waals surface area contributed by atoms with Crippen molar-refractivity contribution < 1.29 is 14.3 Å². The largest absolute Gasteiger partial charge is 0.497 e. The number of nitrogens with one attached hydrogen (secondary N) is 1. The first kappa shape index (κ1) is 17.2. The zero-order chi connectivity index (χ0) is 16.8. The maximum absolute atomic E-state index is 12.1. The van der Waals surface area contributed by atoms with Crippen LogP contribution < -0.4 is 14.8 Å². The summed E-state index contributed by atoms with van der Waals surface area (Å²) in [6.45, 7) is 0. The highest BCUT2D eigenvalue weighted by atomic mass is 35.5. The summed E-state index contributed by atoms with van der Waals surface area (Å²) in [6, 6.07) is 10.1. The standard InChI is InChI=1S/C17H15Cl2NO3/c1-22-12-4-6-17(23-2)15(10-12)20-8-7-16(21)13-5-3-11(18)9-14(13)19/h3-10,20H,1-2H3. The van der Waals surface area contributed by atoms with Crippen molar-refractivity contribution in [1.29, 1.82) is 0 Å². The topological polar surface area (TPSA) is 47.6 Å². The van der Waals surface area contributed by atoms with Crippen LogP contribution in [-0.2, 0) is 0 Å². The van der Waals surface area contributed by atoms with Gasteiger partial charge in [0.25, 0.3) is 0 Å². The van der Waals surface area contributed by atoms with Gasteiger partial charge in [-0.15, -0.1) is 0 Å². The zero-order valence-electron chi connectivity index (χ0n) is 12.6. The van der Waals surface area contributed by atoms with Crippen molar-refractivity contribution in [1.82, 2.24) is 0 Å². The van der Waals surface area contributed by atoms with Crippen molar-refractivity contribution in [3.8, 4) is 11.5 Å². The molecule has 0 saturated carbocycles. The molecule has 1 N–H and O–H groups in total. The average Bonchev–Trinajstić information content (AvgIpc) is 2.54. The van der Waals surface area contributed by atoms with E-state index >= 15 is 0 Å². The van der Waals surface area contributed by atoms with Gasteiger partial charge in [0.1, 0.15) is 11.5 Å². The van der Waals surface area contributed by atoms with Crippen LogP contribution in [0.4, 0.5) is 5.69 Å². The molecule has 0 fully saturated rings. The molecule has 0 aromatic heterocycles. The van der Waals surface area contributed by atoms with Crippen LogP contribution in [0.2, 0.25) is 10.0 Å². The fourth-order valence-corrected chi connectivity index (χ4v) is 2.41. The van der Waals surface area contributed by atoms with Crippen LogP contribution in [0.5, 0.6) is 11.5 Å². The molecule has 0 heterocycles. The number of halogens is 2. The average molecular weight is 352 g/mol. The van der Waals surface area contributed by atoms with E-state index in [1.54, 1.807) is 44.6 Å². The van der Waals surface area contributed by atoms with Crippen molar-refractivity contribution >= 4 is 34.7 Å². The predicted molar refractivity (Wildman–Crippen MR) is 93.1 cm³/mol. The van der Waals surface area contributed by atoms with Gasteiger partial charge in [0.05, 0.1) is 24.9 Å². The zero-order valence-corrected chi connectivity index (χ0v) is 14.1. The Morgan fingerprint density at radius 1 is 1.09 bits per heavy atom. The van der Waals surface area contributed by atoms with Gasteiger partial charge in [0.2, 0.25) is 0 Å². The molecule has 0 unspecified atom stereocenters. The Balaban J connectivity index is 2.13. The van der Waals surface area contributed by atoms with E-state index in [-0.39, 0.29) is 5.78 Å². The van der Waals surface area contributed by atoms with E-state index in [9.17, 15) is 4.79 Å². The van der Waals surface area contributed by atoms with Crippen LogP contribution in [-0.4, -0.2) is 20.0 Å². The summed E-state index contributed by atoms with van der Waals surface area (Å²) < 4.78 is 10.4. The summed E-state index contributed by atoms with van der Waals surface area (Å²) in [5.41, 5.74) is 1.06. The number of allylic oxidation sites excluding steroid dienone is 1. The second-order valence-corrected chi connectivity index (χ2v) is 5.38. The minimum Gasteiger partial charge on any atom is -0.497 e. The van der Waals surface area contributed by atoms with Gasteiger partial charge in [-0.05, 0) is 30.3 Å². The molecule has 0 aliphatic rings. The molecule has 0 atom stereocenters. The van der Waals surface area contributed by atoms with Crippen molar-refractivity contribution in [3.05, 3.63) is 64.3 Å². The highest BCUT2D eigenvalue weighted by molar-refractivity contribution is 6.37. The SMILES string of the molecule is COc1ccc(OC)c(NC=CC(=O)c2ccc(Cl)cc2Cl)c1. The lowest BCUT2D eigenvalue weighted by molar-refractivity contribution is 0.104. The highest BCUT2D eigenvalue weighted by Crippen LogP contribution is 2.29. The third-order valence-corrected chi connectivity index (χ3v) is 3.62. The number of carbonyl (C=O) groups excluding carboxylic acids is 1. The number of methoxy groups -OCH3 is 2. The van der Waals surface area contributed by atoms with Gasteiger partial charge in [0, 0.05) is 28.9 Å². The van der Waals surface area contributed by atoms with Crippen molar-refractivity contribution in [2.45, 2.75) is 0 Å². The number of ether oxygens (including phenoxy) is 2. The van der Waals surface area contributed by atoms with E-state index in [0.717, 1.165) is 0 Å². The lowest BCUT2D eigenvalue weighted by Gasteiger charge is -2.10. The molecule has 2 aromatic rings. The van der Waals surface area contributed by atoms with Gasteiger partial charge in [-0.1, -0.05) is 23.2 Å². The summed E-state index contributed by atoms with van der Waals surface area (Å²) in [6.07, 6.45) is 2.90. The van der Waals surface area contributed by atoms with Crippen LogP contribution in [0.1, 0.15) is 10.4 Å². The quantitative estimate of drug-likeness (QED) is 0.598. The molecule has 2 rings (SSSR count). The molecule has 23 heavy (non-hydrogen) atoms. The lowest BCUT2D eigenvalue weighted by atomic mass is 10.1. The maximum atomic E-state index is 12.1. The molecule has 0 spiro atoms. The molecule has 0 radical (unpaired) electrons. The van der Waals surface area contributed by atoms with Crippen molar-refractivity contribution in [2.75, 3.05) is 19.5 Å². The van der Waals surface area contributed by atoms with Gasteiger partial charge in [0.15, 0.2) is 5.78 Å². The van der Waals surface area contributed by atoms with Gasteiger partial charge in [-0.25, -0.2) is 0 Å². The van der Waals surface area contributed by atoms with Crippen molar-refractivity contribution in [3.63, 3.8) is 0 Å². The normalized spacial score (nSPS) is 10.6. The third kappa shape index (κ3) is 4.41. The number of benzene rings is 2. The van der Waals surface area contributed by atoms with E-state index in [1.807, 2.05) is 0 Å². The summed E-state index contributed by atoms with van der Waals surface area (Å²) in [5.74, 6) is 1.07. The van der Waals surface area contributed by atoms with Crippen LogP contribution in [0.3, 0.4) is 0 Å². The molecular weight excluding hydrogens is 337 g/mol. The van der Waals surface area contributed by atoms with Crippen molar-refractivity contribution in [2.24, 2.45) is 0 Å². The molecule has 0 saturated heterocycles. The minimum atomic E-state index is -0.235. The molecule has 0 aliphatic heterocycles. The smallest absolute Gasteiger partial charge is 0.188 e. The number of anilines is 1.